The Morgan fingerprint density at radius 1 is 1.00 bits per heavy atom. The number of nitrogens with one attached hydrogen (secondary N) is 1. The van der Waals surface area contributed by atoms with Crippen LogP contribution in [0.1, 0.15) is 38.9 Å². The number of ether oxygens (including phenoxy) is 1. The van der Waals surface area contributed by atoms with Crippen LogP contribution < -0.4 is 5.73 Å². The molecule has 1 atom stereocenters. The summed E-state index contributed by atoms with van der Waals surface area (Å²) in [6.07, 6.45) is 0.173. The molecule has 0 aliphatic carbocycles. The zero-order chi connectivity index (χ0) is 22.1. The SMILES string of the molecule is NC(=O)c1cccc2[nH]c(C3Cc4ccccc4CN3C(=O)OCc3ccccc3)nc12. The van der Waals surface area contributed by atoms with Crippen LogP contribution in [0.3, 0.4) is 0 Å². The zero-order valence-corrected chi connectivity index (χ0v) is 17.3. The van der Waals surface area contributed by atoms with E-state index in [2.05, 4.69) is 16.0 Å². The van der Waals surface area contributed by atoms with Crippen LogP contribution in [-0.2, 0) is 24.3 Å². The number of primary amides is 1. The lowest BCUT2D eigenvalue weighted by Crippen LogP contribution is -2.39. The molecule has 5 rings (SSSR count). The third-order valence-corrected chi connectivity index (χ3v) is 5.80. The van der Waals surface area contributed by atoms with Crippen molar-refractivity contribution < 1.29 is 14.3 Å². The van der Waals surface area contributed by atoms with E-state index in [9.17, 15) is 9.59 Å². The third kappa shape index (κ3) is 3.69. The van der Waals surface area contributed by atoms with Crippen molar-refractivity contribution in [3.05, 3.63) is 101 Å². The van der Waals surface area contributed by atoms with E-state index in [0.29, 0.717) is 35.4 Å². The summed E-state index contributed by atoms with van der Waals surface area (Å²) in [6.45, 7) is 0.602. The van der Waals surface area contributed by atoms with Crippen LogP contribution in [0.15, 0.2) is 72.8 Å². The van der Waals surface area contributed by atoms with E-state index in [1.165, 1.54) is 0 Å². The van der Waals surface area contributed by atoms with E-state index >= 15 is 0 Å². The maximum Gasteiger partial charge on any atom is 0.411 e. The average Bonchev–Trinajstić information content (AvgIpc) is 3.26. The number of imidazole rings is 1. The van der Waals surface area contributed by atoms with Gasteiger partial charge in [0.25, 0.3) is 5.91 Å². The number of amides is 2. The molecule has 1 aliphatic rings. The van der Waals surface area contributed by atoms with Crippen LogP contribution in [0, 0.1) is 0 Å². The number of H-pyrrole nitrogens is 1. The van der Waals surface area contributed by atoms with Gasteiger partial charge in [0.15, 0.2) is 0 Å². The molecule has 4 aromatic rings. The van der Waals surface area contributed by atoms with Gasteiger partial charge < -0.3 is 15.5 Å². The molecule has 0 bridgehead atoms. The van der Waals surface area contributed by atoms with Crippen molar-refractivity contribution in [2.45, 2.75) is 25.6 Å². The van der Waals surface area contributed by atoms with Crippen molar-refractivity contribution in [1.82, 2.24) is 14.9 Å². The lowest BCUT2D eigenvalue weighted by Gasteiger charge is -2.35. The number of nitrogens with two attached hydrogens (primary N) is 1. The molecule has 0 saturated heterocycles. The van der Waals surface area contributed by atoms with E-state index < -0.39 is 12.0 Å². The molecule has 2 amide bonds. The summed E-state index contributed by atoms with van der Waals surface area (Å²) >= 11 is 0. The first kappa shape index (κ1) is 19.8. The van der Waals surface area contributed by atoms with Crippen LogP contribution in [0.4, 0.5) is 4.79 Å². The minimum atomic E-state index is -0.540. The van der Waals surface area contributed by atoms with Crippen molar-refractivity contribution in [1.29, 1.82) is 0 Å². The summed E-state index contributed by atoms with van der Waals surface area (Å²) < 4.78 is 5.64. The Labute approximate surface area is 184 Å². The van der Waals surface area contributed by atoms with Gasteiger partial charge >= 0.3 is 6.09 Å². The minimum absolute atomic E-state index is 0.191. The number of aromatic nitrogens is 2. The lowest BCUT2D eigenvalue weighted by molar-refractivity contribution is 0.0712. The molecule has 32 heavy (non-hydrogen) atoms. The number of carbonyl (C=O) groups is 2. The fourth-order valence-corrected chi connectivity index (χ4v) is 4.17. The minimum Gasteiger partial charge on any atom is -0.445 e. The molecule has 0 fully saturated rings. The Balaban J connectivity index is 1.49. The Kier molecular flexibility index (Phi) is 5.07. The van der Waals surface area contributed by atoms with Gasteiger partial charge in [-0.1, -0.05) is 60.7 Å². The first-order valence-corrected chi connectivity index (χ1v) is 10.4. The summed E-state index contributed by atoms with van der Waals surface area (Å²) in [5.41, 5.74) is 10.2. The topological polar surface area (TPSA) is 101 Å². The monoisotopic (exact) mass is 426 g/mol. The summed E-state index contributed by atoms with van der Waals surface area (Å²) in [7, 11) is 0. The van der Waals surface area contributed by atoms with Gasteiger partial charge in [0, 0.05) is 6.42 Å². The maximum absolute atomic E-state index is 13.1. The Hall–Kier alpha value is -4.13. The lowest BCUT2D eigenvalue weighted by atomic mass is 9.94. The highest BCUT2D eigenvalue weighted by Gasteiger charge is 2.34. The summed E-state index contributed by atoms with van der Waals surface area (Å²) in [5, 5.41) is 0. The second-order valence-electron chi connectivity index (χ2n) is 7.84. The summed E-state index contributed by atoms with van der Waals surface area (Å²) in [5.74, 6) is 0.0571. The van der Waals surface area contributed by atoms with Gasteiger partial charge in [0.1, 0.15) is 17.9 Å². The van der Waals surface area contributed by atoms with E-state index in [1.807, 2.05) is 54.6 Å². The number of para-hydroxylation sites is 1. The molecule has 7 heteroatoms. The van der Waals surface area contributed by atoms with Crippen LogP contribution in [0.2, 0.25) is 0 Å². The first-order chi connectivity index (χ1) is 15.6. The molecule has 0 radical (unpaired) electrons. The first-order valence-electron chi connectivity index (χ1n) is 10.4. The molecule has 7 nitrogen and oxygen atoms in total. The van der Waals surface area contributed by atoms with Gasteiger partial charge in [-0.2, -0.15) is 0 Å². The molecule has 0 saturated carbocycles. The molecule has 1 unspecified atom stereocenters. The number of benzene rings is 3. The van der Waals surface area contributed by atoms with Gasteiger partial charge in [-0.3, -0.25) is 9.69 Å². The predicted octanol–water partition coefficient (Wildman–Crippen LogP) is 4.10. The van der Waals surface area contributed by atoms with Crippen molar-refractivity contribution in [3.63, 3.8) is 0 Å². The molecule has 2 heterocycles. The van der Waals surface area contributed by atoms with Crippen molar-refractivity contribution in [3.8, 4) is 0 Å². The fraction of sp³-hybridized carbons (Fsp3) is 0.160. The molecule has 0 spiro atoms. The van der Waals surface area contributed by atoms with E-state index in [4.69, 9.17) is 10.5 Å². The largest absolute Gasteiger partial charge is 0.445 e. The van der Waals surface area contributed by atoms with Crippen LogP contribution >= 0.6 is 0 Å². The molecule has 1 aliphatic heterocycles. The number of carbonyl (C=O) groups excluding carboxylic acids is 2. The zero-order valence-electron chi connectivity index (χ0n) is 17.3. The number of hydrogen-bond acceptors (Lipinski definition) is 4. The highest BCUT2D eigenvalue weighted by molar-refractivity contribution is 6.04. The average molecular weight is 426 g/mol. The molecular formula is C25H22N4O3. The highest BCUT2D eigenvalue weighted by Crippen LogP contribution is 2.34. The predicted molar refractivity (Wildman–Crippen MR) is 120 cm³/mol. The maximum atomic E-state index is 13.1. The highest BCUT2D eigenvalue weighted by atomic mass is 16.6. The van der Waals surface area contributed by atoms with Gasteiger partial charge in [-0.15, -0.1) is 0 Å². The molecule has 160 valence electrons. The van der Waals surface area contributed by atoms with Gasteiger partial charge in [-0.05, 0) is 28.8 Å². The number of hydrogen-bond donors (Lipinski definition) is 2. The van der Waals surface area contributed by atoms with Crippen LogP contribution in [0.5, 0.6) is 0 Å². The van der Waals surface area contributed by atoms with Gasteiger partial charge in [0.05, 0.1) is 23.7 Å². The molecule has 1 aromatic heterocycles. The normalized spacial score (nSPS) is 15.4. The number of rotatable bonds is 4. The molecule has 3 aromatic carbocycles. The summed E-state index contributed by atoms with van der Waals surface area (Å²) in [6, 6.07) is 22.5. The van der Waals surface area contributed by atoms with Gasteiger partial charge in [0.2, 0.25) is 0 Å². The van der Waals surface area contributed by atoms with Crippen molar-refractivity contribution >= 4 is 23.0 Å². The Morgan fingerprint density at radius 3 is 2.53 bits per heavy atom. The van der Waals surface area contributed by atoms with E-state index in [1.54, 1.807) is 17.0 Å². The quantitative estimate of drug-likeness (QED) is 0.513. The Morgan fingerprint density at radius 2 is 1.75 bits per heavy atom. The second kappa shape index (κ2) is 8.19. The standard InChI is InChI=1S/C25H22N4O3/c26-23(30)19-11-6-12-20-22(19)28-24(27-20)21-13-17-9-4-5-10-18(17)14-29(21)25(31)32-15-16-7-2-1-3-8-16/h1-12,21H,13-15H2,(H2,26,30)(H,27,28). The van der Waals surface area contributed by atoms with Crippen molar-refractivity contribution in [2.24, 2.45) is 5.73 Å². The summed E-state index contributed by atoms with van der Waals surface area (Å²) in [4.78, 5) is 34.6. The second-order valence-corrected chi connectivity index (χ2v) is 7.84. The number of aromatic amines is 1. The van der Waals surface area contributed by atoms with Crippen LogP contribution in [-0.4, -0.2) is 26.9 Å². The number of nitrogens with zero attached hydrogens (tertiary/aromatic N) is 2. The molecular weight excluding hydrogens is 404 g/mol. The number of fused-ring (bicyclic) bond motifs is 2. The molecule has 3 N–H and O–H groups in total. The van der Waals surface area contributed by atoms with Gasteiger partial charge in [-0.25, -0.2) is 9.78 Å². The van der Waals surface area contributed by atoms with Crippen molar-refractivity contribution in [2.75, 3.05) is 0 Å². The third-order valence-electron chi connectivity index (χ3n) is 5.80. The van der Waals surface area contributed by atoms with E-state index in [-0.39, 0.29) is 12.6 Å². The van der Waals surface area contributed by atoms with Crippen LogP contribution in [0.25, 0.3) is 11.0 Å². The Bertz CT molecular complexity index is 1300. The fourth-order valence-electron chi connectivity index (χ4n) is 4.17. The van der Waals surface area contributed by atoms with E-state index in [0.717, 1.165) is 16.7 Å². The smallest absolute Gasteiger partial charge is 0.411 e.